The Morgan fingerprint density at radius 2 is 1.59 bits per heavy atom. The van der Waals surface area contributed by atoms with Gasteiger partial charge < -0.3 is 10.2 Å². The molecule has 0 bridgehead atoms. The molecule has 2 aromatic carbocycles. The third-order valence-electron chi connectivity index (χ3n) is 3.80. The minimum absolute atomic E-state index is 0. The Kier molecular flexibility index (Phi) is 6.24. The lowest BCUT2D eigenvalue weighted by atomic mass is 10.2. The second-order valence-electron chi connectivity index (χ2n) is 5.47. The lowest BCUT2D eigenvalue weighted by Gasteiger charge is -2.26. The van der Waals surface area contributed by atoms with Crippen LogP contribution in [0, 0.1) is 0 Å². The van der Waals surface area contributed by atoms with Crippen LogP contribution in [0.25, 0.3) is 0 Å². The summed E-state index contributed by atoms with van der Waals surface area (Å²) in [6.45, 7) is 4.81. The molecule has 0 amide bonds. The molecule has 0 radical (unpaired) electrons. The van der Waals surface area contributed by atoms with Crippen LogP contribution in [0.5, 0.6) is 0 Å². The van der Waals surface area contributed by atoms with Gasteiger partial charge in [0.2, 0.25) is 0 Å². The minimum Gasteiger partial charge on any atom is -0.352 e. The van der Waals surface area contributed by atoms with E-state index in [1.54, 1.807) is 0 Å². The van der Waals surface area contributed by atoms with Gasteiger partial charge in [-0.15, -0.1) is 24.0 Å². The molecule has 0 spiro atoms. The molecule has 1 atom stereocenters. The predicted molar refractivity (Wildman–Crippen MR) is 102 cm³/mol. The van der Waals surface area contributed by atoms with Crippen molar-refractivity contribution in [1.29, 1.82) is 0 Å². The van der Waals surface area contributed by atoms with Crippen molar-refractivity contribution in [2.45, 2.75) is 26.1 Å². The fourth-order valence-electron chi connectivity index (χ4n) is 2.56. The number of guanidine groups is 1. The van der Waals surface area contributed by atoms with Crippen molar-refractivity contribution < 1.29 is 0 Å². The topological polar surface area (TPSA) is 27.6 Å². The van der Waals surface area contributed by atoms with E-state index in [0.717, 1.165) is 25.6 Å². The smallest absolute Gasteiger partial charge is 0.194 e. The summed E-state index contributed by atoms with van der Waals surface area (Å²) in [6.07, 6.45) is 0. The Bertz CT molecular complexity index is 598. The quantitative estimate of drug-likeness (QED) is 0.784. The number of hydrogen-bond acceptors (Lipinski definition) is 3. The second-order valence-corrected chi connectivity index (χ2v) is 5.47. The molecule has 0 aromatic heterocycles. The summed E-state index contributed by atoms with van der Waals surface area (Å²) in [4.78, 5) is 6.99. The van der Waals surface area contributed by atoms with Gasteiger partial charge in [-0.25, -0.2) is 0 Å². The molecule has 1 aliphatic heterocycles. The molecule has 0 saturated heterocycles. The highest BCUT2D eigenvalue weighted by Gasteiger charge is 2.23. The van der Waals surface area contributed by atoms with Gasteiger partial charge >= 0.3 is 0 Å². The van der Waals surface area contributed by atoms with Crippen LogP contribution < -0.4 is 5.32 Å². The summed E-state index contributed by atoms with van der Waals surface area (Å²) in [5.74, 6) is 1.01. The largest absolute Gasteiger partial charge is 0.352 e. The fraction of sp³-hybridized carbons (Fsp3) is 0.278. The molecule has 2 aromatic rings. The number of hydrogen-bond donors (Lipinski definition) is 1. The highest BCUT2D eigenvalue weighted by molar-refractivity contribution is 14.0. The number of benzene rings is 2. The number of rotatable bonds is 4. The van der Waals surface area contributed by atoms with E-state index in [1.807, 2.05) is 6.07 Å². The molecular weight excluding hydrogens is 385 g/mol. The average Bonchev–Trinajstić information content (AvgIpc) is 2.88. The van der Waals surface area contributed by atoms with Crippen LogP contribution in [0.15, 0.2) is 65.7 Å². The van der Waals surface area contributed by atoms with Crippen LogP contribution in [-0.4, -0.2) is 23.4 Å². The first-order valence-corrected chi connectivity index (χ1v) is 7.46. The lowest BCUT2D eigenvalue weighted by Crippen LogP contribution is -2.41. The standard InChI is InChI=1S/C18H21N3.HI/c1-15-12-19-18(20-13-16-8-4-2-5-9-16)21(15)14-17-10-6-3-7-11-17;/h2-11,15H,12-14H2,1H3,(H,19,20);1H/t15-;/m0./s1. The summed E-state index contributed by atoms with van der Waals surface area (Å²) in [6, 6.07) is 21.5. The Labute approximate surface area is 149 Å². The number of nitrogens with one attached hydrogen (secondary N) is 1. The average molecular weight is 407 g/mol. The lowest BCUT2D eigenvalue weighted by molar-refractivity contribution is 0.347. The van der Waals surface area contributed by atoms with Crippen molar-refractivity contribution in [2.24, 2.45) is 4.99 Å². The van der Waals surface area contributed by atoms with E-state index >= 15 is 0 Å². The van der Waals surface area contributed by atoms with Gasteiger partial charge in [-0.2, -0.15) is 0 Å². The molecule has 1 heterocycles. The van der Waals surface area contributed by atoms with Crippen molar-refractivity contribution in [1.82, 2.24) is 10.2 Å². The third-order valence-corrected chi connectivity index (χ3v) is 3.80. The zero-order valence-electron chi connectivity index (χ0n) is 12.8. The number of nitrogens with zero attached hydrogens (tertiary/aromatic N) is 2. The van der Waals surface area contributed by atoms with Gasteiger partial charge in [0.05, 0.1) is 6.54 Å². The van der Waals surface area contributed by atoms with Gasteiger partial charge in [-0.3, -0.25) is 4.99 Å². The first kappa shape index (κ1) is 16.8. The number of aliphatic imine (C=N–C) groups is 1. The molecule has 3 nitrogen and oxygen atoms in total. The molecule has 0 saturated carbocycles. The second kappa shape index (κ2) is 8.17. The first-order valence-electron chi connectivity index (χ1n) is 7.46. The van der Waals surface area contributed by atoms with Crippen molar-refractivity contribution >= 4 is 29.9 Å². The van der Waals surface area contributed by atoms with Gasteiger partial charge in [-0.1, -0.05) is 60.7 Å². The molecule has 1 N–H and O–H groups in total. The van der Waals surface area contributed by atoms with Gasteiger partial charge in [0.15, 0.2) is 5.96 Å². The van der Waals surface area contributed by atoms with E-state index in [-0.39, 0.29) is 24.0 Å². The van der Waals surface area contributed by atoms with Crippen LogP contribution in [0.2, 0.25) is 0 Å². The van der Waals surface area contributed by atoms with Gasteiger partial charge in [0.25, 0.3) is 0 Å². The van der Waals surface area contributed by atoms with Crippen molar-refractivity contribution in [3.8, 4) is 0 Å². The van der Waals surface area contributed by atoms with Crippen LogP contribution in [0.4, 0.5) is 0 Å². The molecule has 3 rings (SSSR count). The van der Waals surface area contributed by atoms with Gasteiger partial charge in [-0.05, 0) is 18.1 Å². The maximum atomic E-state index is 4.64. The van der Waals surface area contributed by atoms with Gasteiger partial charge in [0, 0.05) is 19.1 Å². The van der Waals surface area contributed by atoms with Crippen molar-refractivity contribution in [3.05, 3.63) is 71.8 Å². The van der Waals surface area contributed by atoms with Crippen LogP contribution in [0.1, 0.15) is 18.1 Å². The summed E-state index contributed by atoms with van der Waals surface area (Å²) in [5, 5.41) is 3.47. The molecule has 1 aliphatic rings. The summed E-state index contributed by atoms with van der Waals surface area (Å²) in [5.41, 5.74) is 2.60. The Morgan fingerprint density at radius 3 is 2.23 bits per heavy atom. The normalized spacial score (nSPS) is 16.9. The van der Waals surface area contributed by atoms with E-state index < -0.39 is 0 Å². The Hall–Kier alpha value is -1.56. The summed E-state index contributed by atoms with van der Waals surface area (Å²) >= 11 is 0. The SMILES string of the molecule is C[C@H]1CN=C(NCc2ccccc2)N1Cc1ccccc1.I. The zero-order chi connectivity index (χ0) is 14.5. The monoisotopic (exact) mass is 407 g/mol. The van der Waals surface area contributed by atoms with Crippen LogP contribution >= 0.6 is 24.0 Å². The molecule has 0 fully saturated rings. The Balaban J connectivity index is 0.00000176. The van der Waals surface area contributed by atoms with Gasteiger partial charge in [0.1, 0.15) is 0 Å². The van der Waals surface area contributed by atoms with Crippen LogP contribution in [0.3, 0.4) is 0 Å². The molecule has 4 heteroatoms. The molecule has 116 valence electrons. The van der Waals surface area contributed by atoms with E-state index in [9.17, 15) is 0 Å². The highest BCUT2D eigenvalue weighted by Crippen LogP contribution is 2.14. The van der Waals surface area contributed by atoms with Crippen LogP contribution in [-0.2, 0) is 13.1 Å². The fourth-order valence-corrected chi connectivity index (χ4v) is 2.56. The molecule has 22 heavy (non-hydrogen) atoms. The molecular formula is C18H22IN3. The Morgan fingerprint density at radius 1 is 1.00 bits per heavy atom. The summed E-state index contributed by atoms with van der Waals surface area (Å²) in [7, 11) is 0. The third kappa shape index (κ3) is 4.22. The maximum Gasteiger partial charge on any atom is 0.194 e. The van der Waals surface area contributed by atoms with Crippen molar-refractivity contribution in [2.75, 3.05) is 6.54 Å². The first-order chi connectivity index (χ1) is 10.3. The van der Waals surface area contributed by atoms with E-state index in [4.69, 9.17) is 0 Å². The zero-order valence-corrected chi connectivity index (χ0v) is 15.1. The van der Waals surface area contributed by atoms with Crippen molar-refractivity contribution in [3.63, 3.8) is 0 Å². The minimum atomic E-state index is 0. The van der Waals surface area contributed by atoms with E-state index in [2.05, 4.69) is 76.7 Å². The van der Waals surface area contributed by atoms with E-state index in [1.165, 1.54) is 11.1 Å². The summed E-state index contributed by atoms with van der Waals surface area (Å²) < 4.78 is 0. The predicted octanol–water partition coefficient (Wildman–Crippen LogP) is 3.65. The number of halogens is 1. The van der Waals surface area contributed by atoms with E-state index in [0.29, 0.717) is 6.04 Å². The maximum absolute atomic E-state index is 4.64. The molecule has 0 unspecified atom stereocenters. The highest BCUT2D eigenvalue weighted by atomic mass is 127. The molecule has 0 aliphatic carbocycles.